The number of rotatable bonds is 3. The van der Waals surface area contributed by atoms with Crippen molar-refractivity contribution in [3.05, 3.63) is 69.8 Å². The topological polar surface area (TPSA) is 37.3 Å². The lowest BCUT2D eigenvalue weighted by atomic mass is 10.2. The fourth-order valence-corrected chi connectivity index (χ4v) is 1.41. The van der Waals surface area contributed by atoms with Crippen LogP contribution in [0.5, 0.6) is 0 Å². The van der Waals surface area contributed by atoms with Gasteiger partial charge in [0.2, 0.25) is 0 Å². The first-order valence-corrected chi connectivity index (χ1v) is 9.60. The molecule has 0 bridgehead atoms. The van der Waals surface area contributed by atoms with E-state index < -0.39 is 5.97 Å². The zero-order valence-corrected chi connectivity index (χ0v) is 17.5. The molecule has 0 saturated carbocycles. The van der Waals surface area contributed by atoms with Crippen LogP contribution in [0.25, 0.3) is 0 Å². The number of unbranched alkanes of at least 4 members (excludes halogenated alkanes) is 2. The molecule has 0 radical (unpaired) electrons. The Kier molecular flexibility index (Phi) is 20.4. The van der Waals surface area contributed by atoms with Crippen LogP contribution in [0, 0.1) is 3.57 Å². The van der Waals surface area contributed by atoms with Crippen LogP contribution in [0.4, 0.5) is 0 Å². The Morgan fingerprint density at radius 3 is 1.25 bits per heavy atom. The van der Waals surface area contributed by atoms with Crippen molar-refractivity contribution in [3.63, 3.8) is 0 Å². The summed E-state index contributed by atoms with van der Waals surface area (Å²) in [5, 5.41) is 8.38. The Labute approximate surface area is 161 Å². The number of aromatic carboxylic acids is 1. The lowest BCUT2D eigenvalue weighted by Crippen LogP contribution is -1.93. The van der Waals surface area contributed by atoms with Gasteiger partial charge in [-0.1, -0.05) is 89.8 Å². The van der Waals surface area contributed by atoms with E-state index in [-0.39, 0.29) is 0 Å². The third kappa shape index (κ3) is 18.7. The number of hydrogen-bond acceptors (Lipinski definition) is 1. The lowest BCUT2D eigenvalue weighted by molar-refractivity contribution is 0.0697. The first-order valence-electron chi connectivity index (χ1n) is 8.52. The van der Waals surface area contributed by atoms with E-state index in [1.165, 1.54) is 29.3 Å². The van der Waals surface area contributed by atoms with E-state index in [0.717, 1.165) is 0 Å². The molecule has 0 aromatic heterocycles. The molecule has 2 aromatic carbocycles. The summed E-state index contributed by atoms with van der Waals surface area (Å²) in [5.74, 6) is -0.879. The minimum atomic E-state index is -0.879. The van der Waals surface area contributed by atoms with E-state index in [4.69, 9.17) is 5.11 Å². The van der Waals surface area contributed by atoms with E-state index in [9.17, 15) is 4.79 Å². The molecule has 0 heterocycles. The van der Waals surface area contributed by atoms with Crippen LogP contribution in [0.3, 0.4) is 0 Å². The molecule has 0 spiro atoms. The number of carboxylic acid groups (broad SMARTS) is 1. The third-order valence-electron chi connectivity index (χ3n) is 2.75. The molecule has 0 aliphatic rings. The van der Waals surface area contributed by atoms with Crippen LogP contribution < -0.4 is 0 Å². The van der Waals surface area contributed by atoms with Crippen LogP contribution in [0.1, 0.15) is 63.7 Å². The number of carboxylic acids is 1. The van der Waals surface area contributed by atoms with Crippen molar-refractivity contribution in [2.45, 2.75) is 53.4 Å². The largest absolute Gasteiger partial charge is 0.478 e. The summed E-state index contributed by atoms with van der Waals surface area (Å²) in [6, 6.07) is 18.5. The van der Waals surface area contributed by atoms with Gasteiger partial charge in [-0.05, 0) is 46.9 Å². The Hall–Kier alpha value is -1.36. The molecule has 134 valence electrons. The summed E-state index contributed by atoms with van der Waals surface area (Å²) >= 11 is 2.28. The van der Waals surface area contributed by atoms with Crippen LogP contribution in [0.2, 0.25) is 0 Å². The van der Waals surface area contributed by atoms with Crippen LogP contribution in [-0.2, 0) is 0 Å². The van der Waals surface area contributed by atoms with E-state index in [1.54, 1.807) is 30.3 Å². The van der Waals surface area contributed by atoms with Gasteiger partial charge in [-0.25, -0.2) is 4.79 Å². The van der Waals surface area contributed by atoms with E-state index >= 15 is 0 Å². The fourth-order valence-electron chi connectivity index (χ4n) is 0.995. The second kappa shape index (κ2) is 19.7. The minimum absolute atomic E-state index is 0.331. The predicted octanol–water partition coefficient (Wildman–Crippen LogP) is 7.29. The summed E-state index contributed by atoms with van der Waals surface area (Å²) in [6.45, 7) is 8.72. The molecule has 0 aliphatic carbocycles. The first-order chi connectivity index (χ1) is 11.5. The number of halogens is 1. The normalized spacial score (nSPS) is 8.38. The molecule has 3 heteroatoms. The number of hydrogen-bond donors (Lipinski definition) is 1. The molecule has 1 N–H and O–H groups in total. The maximum absolute atomic E-state index is 10.2. The second-order valence-corrected chi connectivity index (χ2v) is 6.21. The Morgan fingerprint density at radius 2 is 1.08 bits per heavy atom. The molecule has 0 fully saturated rings. The van der Waals surface area contributed by atoms with Crippen molar-refractivity contribution < 1.29 is 9.90 Å². The van der Waals surface area contributed by atoms with Crippen molar-refractivity contribution in [1.82, 2.24) is 0 Å². The van der Waals surface area contributed by atoms with Gasteiger partial charge in [0.05, 0.1) is 5.56 Å². The first kappa shape index (κ1) is 24.9. The summed E-state index contributed by atoms with van der Waals surface area (Å²) in [6.07, 6.45) is 5.28. The molecule has 0 unspecified atom stereocenters. The number of benzene rings is 2. The standard InChI is InChI=1S/C7H6O2.C6H5I.2C4H10/c8-7(9)6-4-2-1-3-5-6;7-6-4-2-1-3-5-6;2*1-3-4-2/h1-5H,(H,8,9);1-5H;2*3-4H2,1-2H3. The highest BCUT2D eigenvalue weighted by molar-refractivity contribution is 14.1. The van der Waals surface area contributed by atoms with E-state index in [1.807, 2.05) is 18.2 Å². The van der Waals surface area contributed by atoms with Gasteiger partial charge in [0.15, 0.2) is 0 Å². The highest BCUT2D eigenvalue weighted by Crippen LogP contribution is 2.00. The summed E-state index contributed by atoms with van der Waals surface area (Å²) in [7, 11) is 0. The van der Waals surface area contributed by atoms with Crippen LogP contribution >= 0.6 is 22.6 Å². The van der Waals surface area contributed by atoms with Crippen LogP contribution in [0.15, 0.2) is 60.7 Å². The van der Waals surface area contributed by atoms with E-state index in [2.05, 4.69) is 62.4 Å². The molecule has 0 aliphatic heterocycles. The fraction of sp³-hybridized carbons (Fsp3) is 0.381. The predicted molar refractivity (Wildman–Crippen MR) is 114 cm³/mol. The molecular weight excluding hydrogens is 411 g/mol. The molecule has 2 aromatic rings. The molecule has 0 amide bonds. The molecule has 0 saturated heterocycles. The lowest BCUT2D eigenvalue weighted by Gasteiger charge is -1.88. The van der Waals surface area contributed by atoms with Gasteiger partial charge in [-0.15, -0.1) is 0 Å². The second-order valence-electron chi connectivity index (χ2n) is 4.97. The summed E-state index contributed by atoms with van der Waals surface area (Å²) < 4.78 is 1.29. The average molecular weight is 442 g/mol. The van der Waals surface area contributed by atoms with Crippen molar-refractivity contribution >= 4 is 28.6 Å². The minimum Gasteiger partial charge on any atom is -0.478 e. The van der Waals surface area contributed by atoms with Crippen molar-refractivity contribution in [1.29, 1.82) is 0 Å². The molecule has 2 nitrogen and oxygen atoms in total. The van der Waals surface area contributed by atoms with Crippen LogP contribution in [-0.4, -0.2) is 11.1 Å². The zero-order chi connectivity index (χ0) is 18.6. The van der Waals surface area contributed by atoms with Crippen molar-refractivity contribution in [2.24, 2.45) is 0 Å². The van der Waals surface area contributed by atoms with Gasteiger partial charge in [0, 0.05) is 3.57 Å². The molecule has 24 heavy (non-hydrogen) atoms. The quantitative estimate of drug-likeness (QED) is 0.507. The van der Waals surface area contributed by atoms with E-state index in [0.29, 0.717) is 5.56 Å². The summed E-state index contributed by atoms with van der Waals surface area (Å²) in [4.78, 5) is 10.2. The maximum Gasteiger partial charge on any atom is 0.335 e. The SMILES string of the molecule is CCCC.CCCC.Ic1ccccc1.O=C(O)c1ccccc1. The average Bonchev–Trinajstić information content (AvgIpc) is 2.64. The maximum atomic E-state index is 10.2. The zero-order valence-electron chi connectivity index (χ0n) is 15.3. The van der Waals surface area contributed by atoms with Gasteiger partial charge in [-0.3, -0.25) is 0 Å². The monoisotopic (exact) mass is 442 g/mol. The Bertz CT molecular complexity index is 476. The summed E-state index contributed by atoms with van der Waals surface area (Å²) in [5.41, 5.74) is 0.331. The smallest absolute Gasteiger partial charge is 0.335 e. The van der Waals surface area contributed by atoms with Gasteiger partial charge in [0.1, 0.15) is 0 Å². The Balaban J connectivity index is 0. The molecular formula is C21H31IO2. The number of carbonyl (C=O) groups is 1. The van der Waals surface area contributed by atoms with Gasteiger partial charge >= 0.3 is 5.97 Å². The highest BCUT2D eigenvalue weighted by atomic mass is 127. The van der Waals surface area contributed by atoms with Gasteiger partial charge in [0.25, 0.3) is 0 Å². The van der Waals surface area contributed by atoms with Gasteiger partial charge in [-0.2, -0.15) is 0 Å². The molecule has 2 rings (SSSR count). The van der Waals surface area contributed by atoms with Crippen molar-refractivity contribution in [2.75, 3.05) is 0 Å². The van der Waals surface area contributed by atoms with Gasteiger partial charge < -0.3 is 5.11 Å². The van der Waals surface area contributed by atoms with Crippen molar-refractivity contribution in [3.8, 4) is 0 Å². The third-order valence-corrected chi connectivity index (χ3v) is 3.47. The molecule has 0 atom stereocenters. The Morgan fingerprint density at radius 1 is 0.750 bits per heavy atom. The highest BCUT2D eigenvalue weighted by Gasteiger charge is 1.96.